The highest BCUT2D eigenvalue weighted by Crippen LogP contribution is 2.46. The maximum Gasteiger partial charge on any atom is -0.00201 e. The lowest BCUT2D eigenvalue weighted by molar-refractivity contribution is 1.72. The second-order valence-corrected chi connectivity index (χ2v) is 11.2. The van der Waals surface area contributed by atoms with Gasteiger partial charge in [0.1, 0.15) is 0 Å². The van der Waals surface area contributed by atoms with Crippen LogP contribution in [0.2, 0.25) is 0 Å². The van der Waals surface area contributed by atoms with E-state index < -0.39 is 0 Å². The van der Waals surface area contributed by atoms with E-state index >= 15 is 0 Å². The van der Waals surface area contributed by atoms with Crippen LogP contribution in [0, 0.1) is 0 Å². The molecule has 10 rings (SSSR count). The van der Waals surface area contributed by atoms with Crippen LogP contribution in [0.5, 0.6) is 0 Å². The number of benzene rings is 10. The van der Waals surface area contributed by atoms with Crippen molar-refractivity contribution in [1.29, 1.82) is 0 Å². The van der Waals surface area contributed by atoms with E-state index in [1.807, 2.05) is 0 Å². The van der Waals surface area contributed by atoms with Gasteiger partial charge in [0.15, 0.2) is 0 Å². The highest BCUT2D eigenvalue weighted by Gasteiger charge is 2.17. The Kier molecular flexibility index (Phi) is 3.76. The molecule has 0 saturated carbocycles. The molecular formula is C40H22. The fraction of sp³-hybridized carbons (Fsp3) is 0. The van der Waals surface area contributed by atoms with E-state index in [-0.39, 0.29) is 0 Å². The van der Waals surface area contributed by atoms with Gasteiger partial charge < -0.3 is 0 Å². The minimum atomic E-state index is 1.27. The second kappa shape index (κ2) is 7.25. The van der Waals surface area contributed by atoms with Gasteiger partial charge in [0.2, 0.25) is 0 Å². The fourth-order valence-electron chi connectivity index (χ4n) is 7.71. The summed E-state index contributed by atoms with van der Waals surface area (Å²) in [6.07, 6.45) is 0. The summed E-state index contributed by atoms with van der Waals surface area (Å²) in [5.74, 6) is 0. The molecule has 0 radical (unpaired) electrons. The van der Waals surface area contributed by atoms with Crippen molar-refractivity contribution < 1.29 is 0 Å². The van der Waals surface area contributed by atoms with E-state index in [0.29, 0.717) is 0 Å². The standard InChI is InChI=1S/C40H22/c1-9-24-10-4-16-34-36-22-26(21-25-11-5-15-30(39(25)36)29(12-1)38(24)34)27-19-20-35-32-14-3-8-23-7-2-13-31(37(23)32)33-18-6-17-28(27)40(33)35/h1-22H. The number of hydrogen-bond donors (Lipinski definition) is 0. The summed E-state index contributed by atoms with van der Waals surface area (Å²) in [6.45, 7) is 0. The van der Waals surface area contributed by atoms with Crippen molar-refractivity contribution in [3.05, 3.63) is 133 Å². The monoisotopic (exact) mass is 502 g/mol. The zero-order chi connectivity index (χ0) is 25.9. The lowest BCUT2D eigenvalue weighted by atomic mass is 9.85. The largest absolute Gasteiger partial charge is 0.0610 e. The van der Waals surface area contributed by atoms with Crippen LogP contribution in [0.25, 0.3) is 97.3 Å². The summed E-state index contributed by atoms with van der Waals surface area (Å²) in [5.41, 5.74) is 2.57. The van der Waals surface area contributed by atoms with Crippen LogP contribution in [0.3, 0.4) is 0 Å². The molecule has 0 nitrogen and oxygen atoms in total. The zero-order valence-corrected chi connectivity index (χ0v) is 21.7. The predicted molar refractivity (Wildman–Crippen MR) is 174 cm³/mol. The molecule has 0 fully saturated rings. The smallest absolute Gasteiger partial charge is 0.00201 e. The van der Waals surface area contributed by atoms with Crippen LogP contribution < -0.4 is 0 Å². The summed E-state index contributed by atoms with van der Waals surface area (Å²) in [5, 5.41) is 21.4. The van der Waals surface area contributed by atoms with Gasteiger partial charge in [-0.3, -0.25) is 0 Å². The van der Waals surface area contributed by atoms with Crippen LogP contribution in [-0.2, 0) is 0 Å². The van der Waals surface area contributed by atoms with Gasteiger partial charge in [0.25, 0.3) is 0 Å². The van der Waals surface area contributed by atoms with Crippen LogP contribution in [0.1, 0.15) is 0 Å². The van der Waals surface area contributed by atoms with Gasteiger partial charge in [-0.15, -0.1) is 0 Å². The van der Waals surface area contributed by atoms with Crippen molar-refractivity contribution >= 4 is 86.2 Å². The normalized spacial score (nSPS) is 12.5. The average Bonchev–Trinajstić information content (AvgIpc) is 3.01. The molecule has 0 N–H and O–H groups in total. The van der Waals surface area contributed by atoms with E-state index in [1.165, 1.54) is 97.3 Å². The highest BCUT2D eigenvalue weighted by atomic mass is 14.2. The predicted octanol–water partition coefficient (Wildman–Crippen LogP) is 11.5. The summed E-state index contributed by atoms with van der Waals surface area (Å²) in [7, 11) is 0. The van der Waals surface area contributed by atoms with Crippen molar-refractivity contribution in [2.75, 3.05) is 0 Å². The lowest BCUT2D eigenvalue weighted by Crippen LogP contribution is -1.90. The summed E-state index contributed by atoms with van der Waals surface area (Å²) < 4.78 is 0. The molecule has 0 spiro atoms. The summed E-state index contributed by atoms with van der Waals surface area (Å²) in [4.78, 5) is 0. The van der Waals surface area contributed by atoms with Crippen LogP contribution >= 0.6 is 0 Å². The minimum absolute atomic E-state index is 1.27. The number of rotatable bonds is 1. The van der Waals surface area contributed by atoms with Crippen LogP contribution in [0.4, 0.5) is 0 Å². The van der Waals surface area contributed by atoms with Crippen molar-refractivity contribution in [3.8, 4) is 11.1 Å². The van der Waals surface area contributed by atoms with Gasteiger partial charge in [0.05, 0.1) is 0 Å². The Labute approximate surface area is 230 Å². The first kappa shape index (κ1) is 20.7. The van der Waals surface area contributed by atoms with Crippen molar-refractivity contribution in [1.82, 2.24) is 0 Å². The Bertz CT molecular complexity index is 2580. The van der Waals surface area contributed by atoms with Gasteiger partial charge in [0, 0.05) is 0 Å². The van der Waals surface area contributed by atoms with Gasteiger partial charge >= 0.3 is 0 Å². The van der Waals surface area contributed by atoms with E-state index in [1.54, 1.807) is 0 Å². The van der Waals surface area contributed by atoms with E-state index in [0.717, 1.165) is 0 Å². The molecule has 0 heteroatoms. The van der Waals surface area contributed by atoms with Crippen molar-refractivity contribution in [3.63, 3.8) is 0 Å². The first-order valence-electron chi connectivity index (χ1n) is 14.0. The van der Waals surface area contributed by atoms with Crippen molar-refractivity contribution in [2.24, 2.45) is 0 Å². The molecule has 40 heavy (non-hydrogen) atoms. The molecule has 0 heterocycles. The Morgan fingerprint density at radius 2 is 0.650 bits per heavy atom. The molecule has 182 valence electrons. The van der Waals surface area contributed by atoms with Crippen LogP contribution in [-0.4, -0.2) is 0 Å². The molecule has 10 aromatic rings. The minimum Gasteiger partial charge on any atom is -0.0610 e. The lowest BCUT2D eigenvalue weighted by Gasteiger charge is -2.18. The van der Waals surface area contributed by atoms with E-state index in [9.17, 15) is 0 Å². The number of fused-ring (bicyclic) bond motifs is 4. The average molecular weight is 503 g/mol. The highest BCUT2D eigenvalue weighted by molar-refractivity contribution is 6.36. The Morgan fingerprint density at radius 3 is 1.23 bits per heavy atom. The first-order valence-corrected chi connectivity index (χ1v) is 14.0. The third-order valence-corrected chi connectivity index (χ3v) is 9.30. The Hall–Kier alpha value is -5.20. The van der Waals surface area contributed by atoms with Crippen LogP contribution in [0.15, 0.2) is 133 Å². The molecule has 0 amide bonds. The topological polar surface area (TPSA) is 0 Å². The molecular weight excluding hydrogens is 480 g/mol. The van der Waals surface area contributed by atoms with E-state index in [4.69, 9.17) is 0 Å². The molecule has 0 atom stereocenters. The van der Waals surface area contributed by atoms with E-state index in [2.05, 4.69) is 133 Å². The van der Waals surface area contributed by atoms with Crippen molar-refractivity contribution in [2.45, 2.75) is 0 Å². The molecule has 0 aliphatic carbocycles. The molecule has 0 aromatic heterocycles. The quantitative estimate of drug-likeness (QED) is 0.155. The Balaban J connectivity index is 1.38. The molecule has 0 saturated heterocycles. The molecule has 0 aliphatic rings. The molecule has 0 aliphatic heterocycles. The summed E-state index contributed by atoms with van der Waals surface area (Å²) in [6, 6.07) is 50.1. The zero-order valence-electron chi connectivity index (χ0n) is 21.7. The van der Waals surface area contributed by atoms with Gasteiger partial charge in [-0.05, 0) is 109 Å². The fourth-order valence-corrected chi connectivity index (χ4v) is 7.71. The maximum atomic E-state index is 2.44. The van der Waals surface area contributed by atoms with Gasteiger partial charge in [-0.2, -0.15) is 0 Å². The third-order valence-electron chi connectivity index (χ3n) is 9.30. The second-order valence-electron chi connectivity index (χ2n) is 11.2. The Morgan fingerprint density at radius 1 is 0.250 bits per heavy atom. The third kappa shape index (κ3) is 2.47. The molecule has 10 aromatic carbocycles. The first-order chi connectivity index (χ1) is 19.8. The SMILES string of the molecule is c1cc2cccc3c4cc(-c5ccc6c7cccc8cccc(c9cccc5c96)c87)cc5cccc(c(c1)c23)c54. The maximum absolute atomic E-state index is 2.44. The van der Waals surface area contributed by atoms with Gasteiger partial charge in [-0.25, -0.2) is 0 Å². The van der Waals surface area contributed by atoms with Gasteiger partial charge in [-0.1, -0.05) is 121 Å². The summed E-state index contributed by atoms with van der Waals surface area (Å²) >= 11 is 0. The molecule has 0 bridgehead atoms. The molecule has 0 unspecified atom stereocenters. The number of hydrogen-bond acceptors (Lipinski definition) is 0.